The number of hydrogen-bond acceptors (Lipinski definition) is 3. The number of amides is 1. The van der Waals surface area contributed by atoms with Crippen molar-refractivity contribution >= 4 is 23.2 Å². The van der Waals surface area contributed by atoms with Crippen LogP contribution in [-0.2, 0) is 16.2 Å². The highest BCUT2D eigenvalue weighted by molar-refractivity contribution is 6.31. The van der Waals surface area contributed by atoms with Crippen LogP contribution >= 0.6 is 11.6 Å². The number of benzene rings is 2. The van der Waals surface area contributed by atoms with Gasteiger partial charge in [0.15, 0.2) is 6.10 Å². The summed E-state index contributed by atoms with van der Waals surface area (Å²) in [7, 11) is 0. The summed E-state index contributed by atoms with van der Waals surface area (Å²) in [6.45, 7) is 4.90. The van der Waals surface area contributed by atoms with Crippen LogP contribution < -0.4 is 0 Å². The van der Waals surface area contributed by atoms with E-state index in [2.05, 4.69) is 36.3 Å². The molecule has 1 amide bonds. The van der Waals surface area contributed by atoms with Gasteiger partial charge in [0.2, 0.25) is 5.91 Å². The predicted octanol–water partition coefficient (Wildman–Crippen LogP) is 4.58. The molecule has 0 unspecified atom stereocenters. The van der Waals surface area contributed by atoms with Crippen molar-refractivity contribution < 1.29 is 9.63 Å². The topological polar surface area (TPSA) is 41.9 Å². The minimum absolute atomic E-state index is 0.0808. The number of nitrogens with zero attached hydrogens (tertiary/aromatic N) is 2. The van der Waals surface area contributed by atoms with E-state index in [9.17, 15) is 4.79 Å². The van der Waals surface area contributed by atoms with Crippen LogP contribution in [0.15, 0.2) is 53.7 Å². The van der Waals surface area contributed by atoms with Crippen LogP contribution in [0.5, 0.6) is 0 Å². The second-order valence-corrected chi connectivity index (χ2v) is 6.96. The first kappa shape index (κ1) is 18.5. The molecule has 4 nitrogen and oxygen atoms in total. The number of carbonyl (C=O) groups excluding carboxylic acids is 1. The molecule has 0 bridgehead atoms. The van der Waals surface area contributed by atoms with Crippen LogP contribution in [0.4, 0.5) is 0 Å². The Hall–Kier alpha value is -2.33. The molecule has 0 aromatic heterocycles. The molecule has 0 aliphatic carbocycles. The van der Waals surface area contributed by atoms with Gasteiger partial charge in [0.1, 0.15) is 0 Å². The molecular formula is C21H23ClN2O2. The molecule has 0 saturated carbocycles. The molecule has 3 rings (SSSR count). The van der Waals surface area contributed by atoms with E-state index in [1.54, 1.807) is 4.90 Å². The van der Waals surface area contributed by atoms with Gasteiger partial charge < -0.3 is 9.74 Å². The van der Waals surface area contributed by atoms with Gasteiger partial charge in [-0.15, -0.1) is 0 Å². The van der Waals surface area contributed by atoms with Crippen LogP contribution in [0.25, 0.3) is 0 Å². The smallest absolute Gasteiger partial charge is 0.222 e. The minimum Gasteiger partial charge on any atom is -0.390 e. The Kier molecular flexibility index (Phi) is 5.94. The van der Waals surface area contributed by atoms with Crippen molar-refractivity contribution in [2.45, 2.75) is 39.3 Å². The second-order valence-electron chi connectivity index (χ2n) is 6.55. The van der Waals surface area contributed by atoms with Gasteiger partial charge in [-0.25, -0.2) is 0 Å². The van der Waals surface area contributed by atoms with Crippen LogP contribution in [0, 0.1) is 6.92 Å². The highest BCUT2D eigenvalue weighted by Crippen LogP contribution is 2.21. The number of aryl methyl sites for hydroxylation is 1. The molecule has 1 atom stereocenters. The van der Waals surface area contributed by atoms with Crippen molar-refractivity contribution in [2.24, 2.45) is 5.16 Å². The van der Waals surface area contributed by atoms with Crippen LogP contribution in [0.3, 0.4) is 0 Å². The number of carbonyl (C=O) groups is 1. The van der Waals surface area contributed by atoms with Gasteiger partial charge in [-0.2, -0.15) is 0 Å². The number of halogens is 1. The van der Waals surface area contributed by atoms with Crippen LogP contribution in [0.1, 0.15) is 36.5 Å². The van der Waals surface area contributed by atoms with Gasteiger partial charge >= 0.3 is 0 Å². The van der Waals surface area contributed by atoms with Crippen molar-refractivity contribution in [1.82, 2.24) is 4.90 Å². The van der Waals surface area contributed by atoms with E-state index in [0.29, 0.717) is 31.0 Å². The Morgan fingerprint density at radius 3 is 2.65 bits per heavy atom. The van der Waals surface area contributed by atoms with Gasteiger partial charge in [-0.3, -0.25) is 4.79 Å². The predicted molar refractivity (Wildman–Crippen MR) is 104 cm³/mol. The van der Waals surface area contributed by atoms with Crippen molar-refractivity contribution in [3.8, 4) is 0 Å². The molecular weight excluding hydrogens is 348 g/mol. The lowest BCUT2D eigenvalue weighted by Crippen LogP contribution is -2.37. The Morgan fingerprint density at radius 2 is 1.96 bits per heavy atom. The Balaban J connectivity index is 1.66. The summed E-state index contributed by atoms with van der Waals surface area (Å²) in [6, 6.07) is 15.8. The molecule has 0 N–H and O–H groups in total. The normalized spacial score (nSPS) is 16.1. The third kappa shape index (κ3) is 4.44. The third-order valence-electron chi connectivity index (χ3n) is 4.52. The SMILES string of the molecule is CCC(=O)N(Cc1ccccc1Cl)C[C@H]1CC(c2ccc(C)cc2)=NO1. The standard InChI is InChI=1S/C21H23ClN2O2/c1-3-21(25)24(13-17-6-4-5-7-19(17)22)14-18-12-20(23-26-18)16-10-8-15(2)9-11-16/h4-11,18H,3,12-14H2,1-2H3/t18-/m1/s1. The summed E-state index contributed by atoms with van der Waals surface area (Å²) in [6.07, 6.45) is 1.01. The summed E-state index contributed by atoms with van der Waals surface area (Å²) in [5.74, 6) is 0.0808. The fraction of sp³-hybridized carbons (Fsp3) is 0.333. The highest BCUT2D eigenvalue weighted by Gasteiger charge is 2.26. The number of oxime groups is 1. The summed E-state index contributed by atoms with van der Waals surface area (Å²) < 4.78 is 0. The van der Waals surface area contributed by atoms with E-state index in [-0.39, 0.29) is 12.0 Å². The maximum atomic E-state index is 12.4. The van der Waals surface area contributed by atoms with Crippen molar-refractivity contribution in [3.63, 3.8) is 0 Å². The van der Waals surface area contributed by atoms with E-state index in [0.717, 1.165) is 16.8 Å². The highest BCUT2D eigenvalue weighted by atomic mass is 35.5. The average Bonchev–Trinajstić information content (AvgIpc) is 3.11. The van der Waals surface area contributed by atoms with E-state index in [1.165, 1.54) is 5.56 Å². The first-order chi connectivity index (χ1) is 12.6. The fourth-order valence-electron chi connectivity index (χ4n) is 3.00. The molecule has 1 aliphatic heterocycles. The van der Waals surface area contributed by atoms with Crippen LogP contribution in [0.2, 0.25) is 5.02 Å². The number of hydrogen-bond donors (Lipinski definition) is 0. The fourth-order valence-corrected chi connectivity index (χ4v) is 3.19. The molecule has 1 heterocycles. The summed E-state index contributed by atoms with van der Waals surface area (Å²) >= 11 is 6.26. The molecule has 0 radical (unpaired) electrons. The molecule has 2 aromatic rings. The summed E-state index contributed by atoms with van der Waals surface area (Å²) in [5, 5.41) is 4.90. The second kappa shape index (κ2) is 8.37. The zero-order valence-electron chi connectivity index (χ0n) is 15.1. The zero-order chi connectivity index (χ0) is 18.5. The molecule has 1 aliphatic rings. The van der Waals surface area contributed by atoms with E-state index in [4.69, 9.17) is 16.4 Å². The molecule has 136 valence electrons. The quantitative estimate of drug-likeness (QED) is 0.746. The van der Waals surface area contributed by atoms with Gasteiger partial charge in [-0.1, -0.05) is 71.7 Å². The molecule has 0 saturated heterocycles. The van der Waals surface area contributed by atoms with Crippen molar-refractivity contribution in [2.75, 3.05) is 6.54 Å². The number of rotatable bonds is 6. The monoisotopic (exact) mass is 370 g/mol. The first-order valence-corrected chi connectivity index (χ1v) is 9.25. The Labute approximate surface area is 159 Å². The molecule has 5 heteroatoms. The van der Waals surface area contributed by atoms with E-state index >= 15 is 0 Å². The third-order valence-corrected chi connectivity index (χ3v) is 4.88. The van der Waals surface area contributed by atoms with Crippen molar-refractivity contribution in [1.29, 1.82) is 0 Å². The lowest BCUT2D eigenvalue weighted by Gasteiger charge is -2.25. The molecule has 0 spiro atoms. The average molecular weight is 371 g/mol. The largest absolute Gasteiger partial charge is 0.390 e. The lowest BCUT2D eigenvalue weighted by molar-refractivity contribution is -0.133. The van der Waals surface area contributed by atoms with Gasteiger partial charge in [0.05, 0.1) is 12.3 Å². The Bertz CT molecular complexity index is 802. The summed E-state index contributed by atoms with van der Waals surface area (Å²) in [4.78, 5) is 19.8. The van der Waals surface area contributed by atoms with Crippen molar-refractivity contribution in [3.05, 3.63) is 70.2 Å². The maximum Gasteiger partial charge on any atom is 0.222 e. The molecule has 2 aromatic carbocycles. The minimum atomic E-state index is -0.135. The van der Waals surface area contributed by atoms with E-state index in [1.807, 2.05) is 31.2 Å². The van der Waals surface area contributed by atoms with Gasteiger partial charge in [0, 0.05) is 24.4 Å². The van der Waals surface area contributed by atoms with Gasteiger partial charge in [-0.05, 0) is 24.1 Å². The van der Waals surface area contributed by atoms with Gasteiger partial charge in [0.25, 0.3) is 0 Å². The van der Waals surface area contributed by atoms with E-state index < -0.39 is 0 Å². The zero-order valence-corrected chi connectivity index (χ0v) is 15.9. The lowest BCUT2D eigenvalue weighted by atomic mass is 10.0. The first-order valence-electron chi connectivity index (χ1n) is 8.87. The summed E-state index contributed by atoms with van der Waals surface area (Å²) in [5.41, 5.74) is 4.15. The molecule has 0 fully saturated rings. The van der Waals surface area contributed by atoms with Crippen LogP contribution in [-0.4, -0.2) is 29.2 Å². The molecule has 26 heavy (non-hydrogen) atoms. The maximum absolute atomic E-state index is 12.4. The Morgan fingerprint density at radius 1 is 1.23 bits per heavy atom.